The van der Waals surface area contributed by atoms with Crippen LogP contribution >= 0.6 is 0 Å². The Hall–Kier alpha value is -3.47. The molecule has 5 heteroatoms. The molecule has 0 radical (unpaired) electrons. The number of aromatic nitrogens is 3. The molecule has 2 aromatic carbocycles. The maximum absolute atomic E-state index is 5.94. The molecule has 2 aromatic heterocycles. The maximum Gasteiger partial charge on any atom is 0.223 e. The van der Waals surface area contributed by atoms with Crippen molar-refractivity contribution in [2.75, 3.05) is 0 Å². The largest absolute Gasteiger partial charge is 0.456 e. The van der Waals surface area contributed by atoms with Crippen LogP contribution < -0.4 is 4.74 Å². The molecular formula is C24H23N3O2. The molecule has 0 amide bonds. The van der Waals surface area contributed by atoms with E-state index >= 15 is 0 Å². The van der Waals surface area contributed by atoms with Gasteiger partial charge in [0.25, 0.3) is 0 Å². The van der Waals surface area contributed by atoms with Crippen molar-refractivity contribution < 1.29 is 9.26 Å². The van der Waals surface area contributed by atoms with Crippen LogP contribution in [0, 0.1) is 13.8 Å². The molecule has 29 heavy (non-hydrogen) atoms. The fourth-order valence-corrected chi connectivity index (χ4v) is 3.19. The van der Waals surface area contributed by atoms with E-state index in [2.05, 4.69) is 72.3 Å². The van der Waals surface area contributed by atoms with Gasteiger partial charge in [-0.25, -0.2) is 4.98 Å². The van der Waals surface area contributed by atoms with Crippen LogP contribution in [0.2, 0.25) is 0 Å². The Morgan fingerprint density at radius 3 is 1.97 bits per heavy atom. The number of ether oxygens (including phenoxy) is 1. The molecule has 0 fully saturated rings. The highest BCUT2D eigenvalue weighted by Crippen LogP contribution is 2.33. The van der Waals surface area contributed by atoms with Crippen molar-refractivity contribution in [2.45, 2.75) is 33.1 Å². The second kappa shape index (κ2) is 7.51. The summed E-state index contributed by atoms with van der Waals surface area (Å²) in [6, 6.07) is 20.5. The molecule has 0 saturated carbocycles. The Kier molecular flexibility index (Phi) is 4.89. The average Bonchev–Trinajstić information content (AvgIpc) is 3.16. The molecule has 0 aliphatic carbocycles. The van der Waals surface area contributed by atoms with Crippen LogP contribution in [0.1, 0.15) is 36.4 Å². The normalized spacial score (nSPS) is 11.4. The van der Waals surface area contributed by atoms with Gasteiger partial charge in [0, 0.05) is 12.3 Å². The lowest BCUT2D eigenvalue weighted by molar-refractivity contribution is 0.394. The van der Waals surface area contributed by atoms with Gasteiger partial charge < -0.3 is 9.26 Å². The minimum absolute atomic E-state index is 0.0852. The molecule has 2 heterocycles. The fraction of sp³-hybridized carbons (Fsp3) is 0.208. The maximum atomic E-state index is 5.94. The molecule has 0 saturated heterocycles. The summed E-state index contributed by atoms with van der Waals surface area (Å²) in [4.78, 5) is 8.53. The third-order valence-electron chi connectivity index (χ3n) is 5.08. The molecule has 5 nitrogen and oxygen atoms in total. The van der Waals surface area contributed by atoms with Gasteiger partial charge in [-0.05, 0) is 42.3 Å². The number of nitrogens with zero attached hydrogens (tertiary/aromatic N) is 3. The molecular weight excluding hydrogens is 362 g/mol. The topological polar surface area (TPSA) is 61.0 Å². The zero-order valence-corrected chi connectivity index (χ0v) is 17.0. The third kappa shape index (κ3) is 4.04. The Bertz CT molecular complexity index is 1100. The van der Waals surface area contributed by atoms with E-state index in [9.17, 15) is 0 Å². The van der Waals surface area contributed by atoms with Gasteiger partial charge in [-0.3, -0.25) is 0 Å². The number of hydrogen-bond acceptors (Lipinski definition) is 5. The summed E-state index contributed by atoms with van der Waals surface area (Å²) in [7, 11) is 0. The van der Waals surface area contributed by atoms with Crippen molar-refractivity contribution in [3.8, 4) is 23.0 Å². The minimum Gasteiger partial charge on any atom is -0.456 e. The highest BCUT2D eigenvalue weighted by molar-refractivity contribution is 5.49. The summed E-state index contributed by atoms with van der Waals surface area (Å²) in [6.45, 7) is 8.32. The summed E-state index contributed by atoms with van der Waals surface area (Å²) in [5.74, 6) is 2.39. The van der Waals surface area contributed by atoms with E-state index in [1.54, 1.807) is 13.1 Å². The Morgan fingerprint density at radius 2 is 1.41 bits per heavy atom. The first-order valence-electron chi connectivity index (χ1n) is 9.54. The van der Waals surface area contributed by atoms with Crippen molar-refractivity contribution in [1.82, 2.24) is 15.1 Å². The van der Waals surface area contributed by atoms with E-state index in [-0.39, 0.29) is 5.41 Å². The molecule has 4 aromatic rings. The smallest absolute Gasteiger partial charge is 0.223 e. The van der Waals surface area contributed by atoms with E-state index in [0.717, 1.165) is 5.75 Å². The van der Waals surface area contributed by atoms with Crippen LogP contribution in [0.5, 0.6) is 11.5 Å². The van der Waals surface area contributed by atoms with E-state index in [0.29, 0.717) is 23.2 Å². The minimum atomic E-state index is -0.0852. The molecule has 0 atom stereocenters. The van der Waals surface area contributed by atoms with Gasteiger partial charge in [-0.2, -0.15) is 4.98 Å². The summed E-state index contributed by atoms with van der Waals surface area (Å²) in [5.41, 5.74) is 4.34. The summed E-state index contributed by atoms with van der Waals surface area (Å²) in [5, 5.41) is 3.87. The second-order valence-corrected chi connectivity index (χ2v) is 7.63. The zero-order chi connectivity index (χ0) is 20.4. The van der Waals surface area contributed by atoms with Gasteiger partial charge >= 0.3 is 0 Å². The number of rotatable bonds is 5. The van der Waals surface area contributed by atoms with Crippen LogP contribution in [0.15, 0.2) is 71.4 Å². The molecule has 0 aliphatic heterocycles. The van der Waals surface area contributed by atoms with Gasteiger partial charge in [0.05, 0.1) is 6.20 Å². The van der Waals surface area contributed by atoms with Gasteiger partial charge in [-0.15, -0.1) is 0 Å². The molecule has 4 rings (SSSR count). The summed E-state index contributed by atoms with van der Waals surface area (Å²) in [6.07, 6.45) is 1.66. The lowest BCUT2D eigenvalue weighted by Crippen LogP contribution is -2.18. The van der Waals surface area contributed by atoms with Crippen LogP contribution in [0.4, 0.5) is 0 Å². The Balaban J connectivity index is 1.48. The molecule has 146 valence electrons. The average molecular weight is 385 g/mol. The van der Waals surface area contributed by atoms with E-state index < -0.39 is 0 Å². The van der Waals surface area contributed by atoms with Crippen LogP contribution in [0.25, 0.3) is 11.5 Å². The monoisotopic (exact) mass is 385 g/mol. The predicted molar refractivity (Wildman–Crippen MR) is 112 cm³/mol. The second-order valence-electron chi connectivity index (χ2n) is 7.63. The standard InChI is InChI=1S/C24H23N3O2/c1-16-5-7-18(8-6-16)24(3,4)19-9-11-20(12-10-19)28-21-13-14-22(25-15-21)23-26-17(2)29-27-23/h5-15H,1-4H3. The lowest BCUT2D eigenvalue weighted by atomic mass is 9.78. The first-order chi connectivity index (χ1) is 13.9. The fourth-order valence-electron chi connectivity index (χ4n) is 3.19. The summed E-state index contributed by atoms with van der Waals surface area (Å²) >= 11 is 0. The third-order valence-corrected chi connectivity index (χ3v) is 5.08. The zero-order valence-electron chi connectivity index (χ0n) is 17.0. The lowest BCUT2D eigenvalue weighted by Gasteiger charge is -2.26. The van der Waals surface area contributed by atoms with Gasteiger partial charge in [0.15, 0.2) is 0 Å². The quantitative estimate of drug-likeness (QED) is 0.430. The number of aryl methyl sites for hydroxylation is 2. The first kappa shape index (κ1) is 18.9. The van der Waals surface area contributed by atoms with Crippen molar-refractivity contribution >= 4 is 0 Å². The van der Waals surface area contributed by atoms with E-state index in [1.165, 1.54) is 16.7 Å². The SMILES string of the molecule is Cc1ccc(C(C)(C)c2ccc(Oc3ccc(-c4noc(C)n4)nc3)cc2)cc1. The van der Waals surface area contributed by atoms with Crippen molar-refractivity contribution in [1.29, 1.82) is 0 Å². The van der Waals surface area contributed by atoms with E-state index in [4.69, 9.17) is 9.26 Å². The van der Waals surface area contributed by atoms with Gasteiger partial charge in [-0.1, -0.05) is 61.0 Å². The highest BCUT2D eigenvalue weighted by atomic mass is 16.5. The van der Waals surface area contributed by atoms with Crippen LogP contribution in [-0.2, 0) is 5.41 Å². The van der Waals surface area contributed by atoms with Crippen LogP contribution in [-0.4, -0.2) is 15.1 Å². The molecule has 0 aliphatic rings. The predicted octanol–water partition coefficient (Wildman–Crippen LogP) is 5.87. The molecule has 0 spiro atoms. The van der Waals surface area contributed by atoms with Crippen molar-refractivity contribution in [3.63, 3.8) is 0 Å². The van der Waals surface area contributed by atoms with Gasteiger partial charge in [0.1, 0.15) is 17.2 Å². The van der Waals surface area contributed by atoms with Crippen LogP contribution in [0.3, 0.4) is 0 Å². The van der Waals surface area contributed by atoms with Crippen molar-refractivity contribution in [2.24, 2.45) is 0 Å². The Morgan fingerprint density at radius 1 is 0.793 bits per heavy atom. The summed E-state index contributed by atoms with van der Waals surface area (Å²) < 4.78 is 10.9. The van der Waals surface area contributed by atoms with Crippen molar-refractivity contribution in [3.05, 3.63) is 89.4 Å². The highest BCUT2D eigenvalue weighted by Gasteiger charge is 2.22. The van der Waals surface area contributed by atoms with E-state index in [1.807, 2.05) is 24.3 Å². The number of benzene rings is 2. The van der Waals surface area contributed by atoms with Gasteiger partial charge in [0.2, 0.25) is 11.7 Å². The first-order valence-corrected chi connectivity index (χ1v) is 9.54. The molecule has 0 bridgehead atoms. The molecule has 0 N–H and O–H groups in total. The number of hydrogen-bond donors (Lipinski definition) is 0. The molecule has 0 unspecified atom stereocenters. The Labute approximate surface area is 170 Å². The number of pyridine rings is 1.